The maximum absolute atomic E-state index is 5.88. The van der Waals surface area contributed by atoms with Crippen LogP contribution in [0.1, 0.15) is 12.2 Å². The van der Waals surface area contributed by atoms with E-state index in [-0.39, 0.29) is 5.28 Å². The van der Waals surface area contributed by atoms with Crippen LogP contribution in [0.4, 0.5) is 5.95 Å². The molecule has 3 aromatic rings. The van der Waals surface area contributed by atoms with Crippen LogP contribution in [-0.4, -0.2) is 46.2 Å². The number of anilines is 1. The largest absolute Gasteiger partial charge is 0.354 e. The molecule has 0 saturated heterocycles. The van der Waals surface area contributed by atoms with Gasteiger partial charge in [-0.3, -0.25) is 0 Å². The zero-order chi connectivity index (χ0) is 14.5. The Labute approximate surface area is 124 Å². The van der Waals surface area contributed by atoms with Crippen molar-refractivity contribution in [2.75, 3.05) is 11.9 Å². The van der Waals surface area contributed by atoms with Gasteiger partial charge in [-0.05, 0) is 18.0 Å². The third-order valence-electron chi connectivity index (χ3n) is 2.65. The van der Waals surface area contributed by atoms with Gasteiger partial charge in [0.15, 0.2) is 0 Å². The first kappa shape index (κ1) is 13.4. The Balaban J connectivity index is 1.60. The highest BCUT2D eigenvalue weighted by Crippen LogP contribution is 2.08. The Kier molecular flexibility index (Phi) is 4.01. The van der Waals surface area contributed by atoms with Gasteiger partial charge in [0.05, 0.1) is 0 Å². The van der Waals surface area contributed by atoms with Crippen LogP contribution in [0.25, 0.3) is 5.95 Å². The van der Waals surface area contributed by atoms with E-state index < -0.39 is 0 Å². The lowest BCUT2D eigenvalue weighted by Crippen LogP contribution is -2.11. The second-order valence-corrected chi connectivity index (χ2v) is 4.47. The van der Waals surface area contributed by atoms with Crippen molar-refractivity contribution in [1.29, 1.82) is 0 Å². The number of hydrogen-bond acceptors (Lipinski definition) is 7. The van der Waals surface area contributed by atoms with Crippen LogP contribution in [0.3, 0.4) is 0 Å². The van der Waals surface area contributed by atoms with Gasteiger partial charge in [-0.1, -0.05) is 0 Å². The van der Waals surface area contributed by atoms with E-state index in [2.05, 4.69) is 40.3 Å². The molecule has 0 aromatic carbocycles. The van der Waals surface area contributed by atoms with Gasteiger partial charge in [-0.25, -0.2) is 9.97 Å². The second-order valence-electron chi connectivity index (χ2n) is 4.13. The molecule has 0 fully saturated rings. The molecule has 2 N–H and O–H groups in total. The highest BCUT2D eigenvalue weighted by atomic mass is 35.5. The summed E-state index contributed by atoms with van der Waals surface area (Å²) < 4.78 is 1.42. The zero-order valence-corrected chi connectivity index (χ0v) is 11.7. The van der Waals surface area contributed by atoms with E-state index in [1.54, 1.807) is 12.4 Å². The van der Waals surface area contributed by atoms with Gasteiger partial charge in [-0.15, -0.1) is 0 Å². The molecule has 0 saturated carbocycles. The van der Waals surface area contributed by atoms with E-state index in [1.165, 1.54) is 17.3 Å². The molecule has 21 heavy (non-hydrogen) atoms. The molecule has 0 aliphatic rings. The molecular weight excluding hydrogens is 294 g/mol. The van der Waals surface area contributed by atoms with Gasteiger partial charge < -0.3 is 10.3 Å². The molecule has 0 radical (unpaired) electrons. The number of halogens is 1. The fourth-order valence-corrected chi connectivity index (χ4v) is 1.88. The smallest absolute Gasteiger partial charge is 0.258 e. The lowest BCUT2D eigenvalue weighted by atomic mass is 10.3. The van der Waals surface area contributed by atoms with Gasteiger partial charge >= 0.3 is 0 Å². The number of nitrogens with one attached hydrogen (secondary N) is 2. The van der Waals surface area contributed by atoms with Gasteiger partial charge in [0.25, 0.3) is 5.95 Å². The van der Waals surface area contributed by atoms with Crippen LogP contribution in [0.2, 0.25) is 5.28 Å². The molecule has 0 amide bonds. The molecule has 0 unspecified atom stereocenters. The van der Waals surface area contributed by atoms with Crippen LogP contribution in [0, 0.1) is 0 Å². The number of aryl methyl sites for hydroxylation is 1. The minimum Gasteiger partial charge on any atom is -0.354 e. The van der Waals surface area contributed by atoms with E-state index >= 15 is 0 Å². The Morgan fingerprint density at radius 1 is 1.29 bits per heavy atom. The molecule has 0 bridgehead atoms. The molecule has 0 aliphatic heterocycles. The second kappa shape index (κ2) is 6.27. The monoisotopic (exact) mass is 305 g/mol. The average Bonchev–Trinajstić information content (AvgIpc) is 3.16. The van der Waals surface area contributed by atoms with Crippen molar-refractivity contribution in [3.8, 4) is 5.95 Å². The summed E-state index contributed by atoms with van der Waals surface area (Å²) in [5.41, 5.74) is 0. The lowest BCUT2D eigenvalue weighted by Gasteiger charge is -2.06. The lowest BCUT2D eigenvalue weighted by molar-refractivity contribution is 0.781. The molecule has 3 rings (SSSR count). The number of nitrogens with zero attached hydrogens (tertiary/aromatic N) is 7. The minimum atomic E-state index is 0.101. The van der Waals surface area contributed by atoms with E-state index in [0.717, 1.165) is 18.7 Å². The minimum absolute atomic E-state index is 0.101. The van der Waals surface area contributed by atoms with Crippen LogP contribution < -0.4 is 5.32 Å². The van der Waals surface area contributed by atoms with Crippen LogP contribution >= 0.6 is 11.6 Å². The summed E-state index contributed by atoms with van der Waals surface area (Å²) in [6.07, 6.45) is 8.16. The Morgan fingerprint density at radius 3 is 3.00 bits per heavy atom. The fraction of sp³-hybridized carbons (Fsp3) is 0.273. The standard InChI is InChI=1S/C11H12ClN9/c12-9-18-10(16-3-1-2-8-14-4-5-15-8)20-11(19-9)21-7-13-6-17-21/h4-7H,1-3H2,(H,14,15)(H,16,18,19,20). The summed E-state index contributed by atoms with van der Waals surface area (Å²) in [7, 11) is 0. The van der Waals surface area contributed by atoms with Crippen molar-refractivity contribution in [3.63, 3.8) is 0 Å². The molecule has 0 aliphatic carbocycles. The summed E-state index contributed by atoms with van der Waals surface area (Å²) in [6.45, 7) is 0.692. The molecular formula is C11H12ClN9. The molecule has 3 heterocycles. The topological polar surface area (TPSA) is 110 Å². The maximum Gasteiger partial charge on any atom is 0.258 e. The first-order valence-electron chi connectivity index (χ1n) is 6.30. The molecule has 10 heteroatoms. The van der Waals surface area contributed by atoms with Crippen molar-refractivity contribution in [3.05, 3.63) is 36.2 Å². The molecule has 9 nitrogen and oxygen atoms in total. The van der Waals surface area contributed by atoms with E-state index in [0.29, 0.717) is 18.4 Å². The highest BCUT2D eigenvalue weighted by molar-refractivity contribution is 6.28. The van der Waals surface area contributed by atoms with Gasteiger partial charge in [-0.2, -0.15) is 24.7 Å². The van der Waals surface area contributed by atoms with Gasteiger partial charge in [0.2, 0.25) is 11.2 Å². The number of hydrogen-bond donors (Lipinski definition) is 2. The van der Waals surface area contributed by atoms with Gasteiger partial charge in [0.1, 0.15) is 18.5 Å². The summed E-state index contributed by atoms with van der Waals surface area (Å²) in [6, 6.07) is 0. The maximum atomic E-state index is 5.88. The number of rotatable bonds is 6. The Morgan fingerprint density at radius 2 is 2.24 bits per heavy atom. The zero-order valence-electron chi connectivity index (χ0n) is 10.9. The van der Waals surface area contributed by atoms with Crippen molar-refractivity contribution < 1.29 is 0 Å². The van der Waals surface area contributed by atoms with Crippen LogP contribution in [0.5, 0.6) is 0 Å². The summed E-state index contributed by atoms with van der Waals surface area (Å²) in [5, 5.41) is 7.15. The normalized spacial score (nSPS) is 10.7. The quantitative estimate of drug-likeness (QED) is 0.650. The number of aromatic nitrogens is 8. The van der Waals surface area contributed by atoms with E-state index in [9.17, 15) is 0 Å². The van der Waals surface area contributed by atoms with E-state index in [1.807, 2.05) is 0 Å². The van der Waals surface area contributed by atoms with Crippen LogP contribution in [-0.2, 0) is 6.42 Å². The van der Waals surface area contributed by atoms with Crippen molar-refractivity contribution in [1.82, 2.24) is 39.7 Å². The van der Waals surface area contributed by atoms with Crippen molar-refractivity contribution >= 4 is 17.5 Å². The third kappa shape index (κ3) is 3.51. The Bertz CT molecular complexity index is 680. The summed E-state index contributed by atoms with van der Waals surface area (Å²) in [4.78, 5) is 23.3. The summed E-state index contributed by atoms with van der Waals surface area (Å²) in [5.74, 6) is 1.68. The highest BCUT2D eigenvalue weighted by Gasteiger charge is 2.07. The molecule has 0 atom stereocenters. The first-order chi connectivity index (χ1) is 10.3. The van der Waals surface area contributed by atoms with Gasteiger partial charge in [0, 0.05) is 25.4 Å². The third-order valence-corrected chi connectivity index (χ3v) is 2.82. The fourth-order valence-electron chi connectivity index (χ4n) is 1.72. The molecule has 3 aromatic heterocycles. The number of aromatic amines is 1. The molecule has 0 spiro atoms. The SMILES string of the molecule is Clc1nc(NCCCc2ncc[nH]2)nc(-n2cncn2)n1. The van der Waals surface area contributed by atoms with Crippen molar-refractivity contribution in [2.45, 2.75) is 12.8 Å². The number of H-pyrrole nitrogens is 1. The van der Waals surface area contributed by atoms with Crippen molar-refractivity contribution in [2.24, 2.45) is 0 Å². The Hall–Kier alpha value is -2.55. The average molecular weight is 306 g/mol. The molecule has 108 valence electrons. The summed E-state index contributed by atoms with van der Waals surface area (Å²) >= 11 is 5.88. The predicted molar refractivity (Wildman–Crippen MR) is 75.2 cm³/mol. The van der Waals surface area contributed by atoms with E-state index in [4.69, 9.17) is 11.6 Å². The number of imidazole rings is 1. The predicted octanol–water partition coefficient (Wildman–Crippen LogP) is 0.873. The van der Waals surface area contributed by atoms with Crippen LogP contribution in [0.15, 0.2) is 25.0 Å². The first-order valence-corrected chi connectivity index (χ1v) is 6.68.